The van der Waals surface area contributed by atoms with Gasteiger partial charge >= 0.3 is 6.18 Å². The molecule has 0 aliphatic heterocycles. The summed E-state index contributed by atoms with van der Waals surface area (Å²) in [7, 11) is 0. The lowest BCUT2D eigenvalue weighted by Gasteiger charge is -2.18. The summed E-state index contributed by atoms with van der Waals surface area (Å²) in [6.07, 6.45) is -6.23. The minimum Gasteiger partial charge on any atom is -0.480 e. The fraction of sp³-hybridized carbons (Fsp3) is 0.333. The zero-order chi connectivity index (χ0) is 10.8. The van der Waals surface area contributed by atoms with E-state index in [1.54, 1.807) is 12.1 Å². The van der Waals surface area contributed by atoms with Gasteiger partial charge in [-0.25, -0.2) is 0 Å². The van der Waals surface area contributed by atoms with Crippen LogP contribution in [0.5, 0.6) is 5.75 Å². The molecule has 1 nitrogen and oxygen atoms in total. The van der Waals surface area contributed by atoms with Crippen molar-refractivity contribution in [3.05, 3.63) is 29.3 Å². The quantitative estimate of drug-likeness (QED) is 0.745. The molecule has 1 unspecified atom stereocenters. The van der Waals surface area contributed by atoms with Crippen LogP contribution in [0.2, 0.25) is 5.02 Å². The Morgan fingerprint density at radius 3 is 2.36 bits per heavy atom. The molecule has 1 aromatic carbocycles. The van der Waals surface area contributed by atoms with Crippen molar-refractivity contribution in [3.8, 4) is 5.75 Å². The van der Waals surface area contributed by atoms with Crippen LogP contribution in [-0.4, -0.2) is 12.3 Å². The minimum absolute atomic E-state index is 0.0407. The van der Waals surface area contributed by atoms with Crippen molar-refractivity contribution in [2.24, 2.45) is 0 Å². The molecule has 0 heterocycles. The van der Waals surface area contributed by atoms with Crippen molar-refractivity contribution in [2.45, 2.75) is 19.2 Å². The Kier molecular flexibility index (Phi) is 3.26. The molecule has 0 radical (unpaired) electrons. The fourth-order valence-corrected chi connectivity index (χ4v) is 0.978. The Hall–Kier alpha value is -0.900. The Balaban J connectivity index is 2.75. The third-order valence-electron chi connectivity index (χ3n) is 1.60. The molecule has 1 rings (SSSR count). The summed E-state index contributed by atoms with van der Waals surface area (Å²) in [5.74, 6) is 0.0407. The van der Waals surface area contributed by atoms with Crippen molar-refractivity contribution in [3.63, 3.8) is 0 Å². The van der Waals surface area contributed by atoms with Gasteiger partial charge in [-0.3, -0.25) is 0 Å². The lowest BCUT2D eigenvalue weighted by atomic mass is 10.3. The molecule has 0 aliphatic carbocycles. The Bertz CT molecular complexity index is 311. The normalized spacial score (nSPS) is 13.8. The number of ether oxygens (including phenoxy) is 1. The van der Waals surface area contributed by atoms with Gasteiger partial charge in [0.05, 0.1) is 5.02 Å². The van der Waals surface area contributed by atoms with E-state index in [0.29, 0.717) is 0 Å². The molecule has 0 saturated carbocycles. The van der Waals surface area contributed by atoms with Crippen molar-refractivity contribution < 1.29 is 17.9 Å². The van der Waals surface area contributed by atoms with Crippen LogP contribution in [0.4, 0.5) is 13.2 Å². The molecule has 0 spiro atoms. The predicted molar refractivity (Wildman–Crippen MR) is 47.6 cm³/mol. The molecule has 78 valence electrons. The van der Waals surface area contributed by atoms with Gasteiger partial charge in [-0.1, -0.05) is 23.7 Å². The van der Waals surface area contributed by atoms with E-state index in [9.17, 15) is 13.2 Å². The van der Waals surface area contributed by atoms with Crippen LogP contribution in [-0.2, 0) is 0 Å². The largest absolute Gasteiger partial charge is 0.480 e. The van der Waals surface area contributed by atoms with Crippen LogP contribution in [0.25, 0.3) is 0 Å². The fourth-order valence-electron chi connectivity index (χ4n) is 0.798. The van der Waals surface area contributed by atoms with Crippen LogP contribution in [0, 0.1) is 0 Å². The van der Waals surface area contributed by atoms with Crippen LogP contribution in [0.3, 0.4) is 0 Å². The smallest absolute Gasteiger partial charge is 0.425 e. The second-order valence-electron chi connectivity index (χ2n) is 2.73. The standard InChI is InChI=1S/C9H8ClF3O/c1-6(9(11,12)13)14-8-5-3-2-4-7(8)10/h2-6H,1H3. The van der Waals surface area contributed by atoms with Gasteiger partial charge in [-0.2, -0.15) is 13.2 Å². The molecular weight excluding hydrogens is 217 g/mol. The number of hydrogen-bond donors (Lipinski definition) is 0. The van der Waals surface area contributed by atoms with Gasteiger partial charge in [0, 0.05) is 0 Å². The molecule has 0 aliphatic rings. The van der Waals surface area contributed by atoms with Crippen LogP contribution in [0.1, 0.15) is 6.92 Å². The number of para-hydroxylation sites is 1. The third kappa shape index (κ3) is 2.80. The van der Waals surface area contributed by atoms with E-state index in [1.165, 1.54) is 12.1 Å². The van der Waals surface area contributed by atoms with E-state index in [1.807, 2.05) is 0 Å². The van der Waals surface area contributed by atoms with Crippen molar-refractivity contribution in [1.82, 2.24) is 0 Å². The molecule has 1 aromatic rings. The highest BCUT2D eigenvalue weighted by Gasteiger charge is 2.38. The summed E-state index contributed by atoms with van der Waals surface area (Å²) in [6.45, 7) is 0.934. The van der Waals surface area contributed by atoms with Crippen LogP contribution >= 0.6 is 11.6 Å². The number of rotatable bonds is 2. The molecule has 5 heteroatoms. The third-order valence-corrected chi connectivity index (χ3v) is 1.91. The second kappa shape index (κ2) is 4.09. The van der Waals surface area contributed by atoms with E-state index >= 15 is 0 Å². The zero-order valence-corrected chi connectivity index (χ0v) is 8.06. The van der Waals surface area contributed by atoms with Crippen molar-refractivity contribution in [2.75, 3.05) is 0 Å². The first-order valence-electron chi connectivity index (χ1n) is 3.89. The summed E-state index contributed by atoms with van der Waals surface area (Å²) in [4.78, 5) is 0. The molecule has 0 amide bonds. The molecular formula is C9H8ClF3O. The van der Waals surface area contributed by atoms with E-state index < -0.39 is 12.3 Å². The molecule has 0 fully saturated rings. The highest BCUT2D eigenvalue weighted by molar-refractivity contribution is 6.32. The summed E-state index contributed by atoms with van der Waals surface area (Å²) >= 11 is 5.63. The van der Waals surface area contributed by atoms with E-state index in [4.69, 9.17) is 11.6 Å². The number of benzene rings is 1. The highest BCUT2D eigenvalue weighted by atomic mass is 35.5. The van der Waals surface area contributed by atoms with E-state index in [0.717, 1.165) is 6.92 Å². The zero-order valence-electron chi connectivity index (χ0n) is 7.31. The molecule has 0 saturated heterocycles. The van der Waals surface area contributed by atoms with Crippen LogP contribution in [0.15, 0.2) is 24.3 Å². The maximum atomic E-state index is 12.1. The Labute approximate surface area is 84.4 Å². The topological polar surface area (TPSA) is 9.23 Å². The minimum atomic E-state index is -4.38. The molecule has 0 bridgehead atoms. The van der Waals surface area contributed by atoms with Crippen molar-refractivity contribution in [1.29, 1.82) is 0 Å². The van der Waals surface area contributed by atoms with Gasteiger partial charge in [-0.05, 0) is 19.1 Å². The van der Waals surface area contributed by atoms with Gasteiger partial charge in [0.1, 0.15) is 5.75 Å². The van der Waals surface area contributed by atoms with Gasteiger partial charge in [0.25, 0.3) is 0 Å². The summed E-state index contributed by atoms with van der Waals surface area (Å²) < 4.78 is 40.9. The van der Waals surface area contributed by atoms with E-state index in [-0.39, 0.29) is 10.8 Å². The average molecular weight is 225 g/mol. The predicted octanol–water partition coefficient (Wildman–Crippen LogP) is 3.67. The lowest BCUT2D eigenvalue weighted by Crippen LogP contribution is -2.31. The second-order valence-corrected chi connectivity index (χ2v) is 3.14. The molecule has 0 aromatic heterocycles. The number of halogens is 4. The first kappa shape index (κ1) is 11.2. The first-order valence-corrected chi connectivity index (χ1v) is 4.27. The maximum absolute atomic E-state index is 12.1. The molecule has 1 atom stereocenters. The highest BCUT2D eigenvalue weighted by Crippen LogP contribution is 2.29. The van der Waals surface area contributed by atoms with Gasteiger partial charge in [0.2, 0.25) is 0 Å². The molecule has 14 heavy (non-hydrogen) atoms. The maximum Gasteiger partial charge on any atom is 0.425 e. The lowest BCUT2D eigenvalue weighted by molar-refractivity contribution is -0.189. The Morgan fingerprint density at radius 2 is 1.86 bits per heavy atom. The molecule has 0 N–H and O–H groups in total. The van der Waals surface area contributed by atoms with Crippen LogP contribution < -0.4 is 4.74 Å². The SMILES string of the molecule is CC(Oc1ccccc1Cl)C(F)(F)F. The Morgan fingerprint density at radius 1 is 1.29 bits per heavy atom. The van der Waals surface area contributed by atoms with Crippen molar-refractivity contribution >= 4 is 11.6 Å². The first-order chi connectivity index (χ1) is 6.41. The average Bonchev–Trinajstić information content (AvgIpc) is 2.07. The van der Waals surface area contributed by atoms with Gasteiger partial charge in [0.15, 0.2) is 6.10 Å². The summed E-state index contributed by atoms with van der Waals surface area (Å²) in [5.41, 5.74) is 0. The van der Waals surface area contributed by atoms with E-state index in [2.05, 4.69) is 4.74 Å². The summed E-state index contributed by atoms with van der Waals surface area (Å²) in [5, 5.41) is 0.170. The summed E-state index contributed by atoms with van der Waals surface area (Å²) in [6, 6.07) is 6.04. The van der Waals surface area contributed by atoms with Gasteiger partial charge < -0.3 is 4.74 Å². The monoisotopic (exact) mass is 224 g/mol. The number of alkyl halides is 3. The van der Waals surface area contributed by atoms with Gasteiger partial charge in [-0.15, -0.1) is 0 Å². The number of hydrogen-bond acceptors (Lipinski definition) is 1.